The first-order chi connectivity index (χ1) is 9.72. The zero-order valence-electron chi connectivity index (χ0n) is 10.6. The molecule has 0 saturated carbocycles. The highest BCUT2D eigenvalue weighted by Crippen LogP contribution is 2.22. The van der Waals surface area contributed by atoms with Crippen molar-refractivity contribution in [2.45, 2.75) is 6.61 Å². The molecule has 0 fully saturated rings. The van der Waals surface area contributed by atoms with Crippen LogP contribution in [-0.2, 0) is 6.61 Å². The molecule has 0 amide bonds. The van der Waals surface area contributed by atoms with Gasteiger partial charge in [0.1, 0.15) is 0 Å². The molecule has 100 valence electrons. The molecule has 0 bridgehead atoms. The molecule has 0 atom stereocenters. The highest BCUT2D eigenvalue weighted by Gasteiger charge is 2.12. The second-order valence-electron chi connectivity index (χ2n) is 4.47. The molecular formula is C16H12ClNO2. The lowest BCUT2D eigenvalue weighted by molar-refractivity contribution is 0.273. The third-order valence-electron chi connectivity index (χ3n) is 3.25. The highest BCUT2D eigenvalue weighted by atomic mass is 35.5. The molecule has 1 heterocycles. The molecule has 20 heavy (non-hydrogen) atoms. The van der Waals surface area contributed by atoms with Crippen molar-refractivity contribution in [3.05, 3.63) is 75.7 Å². The molecule has 0 saturated heterocycles. The van der Waals surface area contributed by atoms with Gasteiger partial charge < -0.3 is 5.11 Å². The van der Waals surface area contributed by atoms with Crippen LogP contribution in [0.15, 0.2) is 59.4 Å². The van der Waals surface area contributed by atoms with Gasteiger partial charge in [0.05, 0.1) is 22.7 Å². The van der Waals surface area contributed by atoms with Crippen LogP contribution in [0, 0.1) is 0 Å². The number of halogens is 1. The number of rotatable bonds is 2. The molecule has 0 radical (unpaired) electrons. The number of aliphatic hydroxyl groups excluding tert-OH is 1. The van der Waals surface area contributed by atoms with Crippen LogP contribution in [-0.4, -0.2) is 9.67 Å². The fourth-order valence-electron chi connectivity index (χ4n) is 2.35. The fourth-order valence-corrected chi connectivity index (χ4v) is 2.61. The summed E-state index contributed by atoms with van der Waals surface area (Å²) in [6.07, 6.45) is 0. The maximum absolute atomic E-state index is 12.7. The van der Waals surface area contributed by atoms with Gasteiger partial charge in [0, 0.05) is 5.69 Å². The van der Waals surface area contributed by atoms with Crippen LogP contribution in [0.5, 0.6) is 0 Å². The van der Waals surface area contributed by atoms with E-state index in [1.54, 1.807) is 18.2 Å². The zero-order valence-corrected chi connectivity index (χ0v) is 11.3. The number of hydrogen-bond acceptors (Lipinski definition) is 2. The molecule has 4 heteroatoms. The number of pyridine rings is 1. The summed E-state index contributed by atoms with van der Waals surface area (Å²) in [6.45, 7) is -0.216. The minimum Gasteiger partial charge on any atom is -0.390 e. The Bertz CT molecular complexity index is 825. The molecule has 3 aromatic rings. The van der Waals surface area contributed by atoms with Crippen LogP contribution in [0.3, 0.4) is 0 Å². The van der Waals surface area contributed by atoms with Gasteiger partial charge in [0.15, 0.2) is 0 Å². The standard InChI is InChI=1S/C16H12ClNO2/c17-14-8-4-5-11-9-13(10-19)18(16(20)15(11)14)12-6-2-1-3-7-12/h1-9,19H,10H2. The monoisotopic (exact) mass is 285 g/mol. The molecular weight excluding hydrogens is 274 g/mol. The topological polar surface area (TPSA) is 42.2 Å². The van der Waals surface area contributed by atoms with Gasteiger partial charge in [-0.05, 0) is 29.7 Å². The Balaban J connectivity index is 2.45. The van der Waals surface area contributed by atoms with E-state index in [9.17, 15) is 9.90 Å². The Kier molecular flexibility index (Phi) is 3.30. The van der Waals surface area contributed by atoms with E-state index in [4.69, 9.17) is 11.6 Å². The van der Waals surface area contributed by atoms with Gasteiger partial charge in [-0.3, -0.25) is 9.36 Å². The van der Waals surface area contributed by atoms with E-state index >= 15 is 0 Å². The highest BCUT2D eigenvalue weighted by molar-refractivity contribution is 6.35. The van der Waals surface area contributed by atoms with E-state index in [0.29, 0.717) is 21.8 Å². The molecule has 0 aliphatic carbocycles. The zero-order chi connectivity index (χ0) is 14.1. The molecule has 0 aliphatic heterocycles. The van der Waals surface area contributed by atoms with E-state index in [0.717, 1.165) is 5.39 Å². The minimum absolute atomic E-state index is 0.216. The molecule has 1 aromatic heterocycles. The molecule has 0 spiro atoms. The normalized spacial score (nSPS) is 10.9. The number of para-hydroxylation sites is 1. The van der Waals surface area contributed by atoms with Gasteiger partial charge in [0.2, 0.25) is 0 Å². The van der Waals surface area contributed by atoms with Gasteiger partial charge in [-0.15, -0.1) is 0 Å². The first-order valence-corrected chi connectivity index (χ1v) is 6.59. The van der Waals surface area contributed by atoms with Crippen molar-refractivity contribution in [3.8, 4) is 5.69 Å². The Morgan fingerprint density at radius 3 is 2.50 bits per heavy atom. The Hall–Kier alpha value is -2.10. The maximum Gasteiger partial charge on any atom is 0.264 e. The van der Waals surface area contributed by atoms with Crippen molar-refractivity contribution in [2.75, 3.05) is 0 Å². The SMILES string of the molecule is O=c1c2c(Cl)cccc2cc(CO)n1-c1ccccc1. The van der Waals surface area contributed by atoms with Crippen LogP contribution < -0.4 is 5.56 Å². The van der Waals surface area contributed by atoms with E-state index in [-0.39, 0.29) is 12.2 Å². The number of fused-ring (bicyclic) bond motifs is 1. The van der Waals surface area contributed by atoms with Gasteiger partial charge in [0.25, 0.3) is 5.56 Å². The third kappa shape index (κ3) is 2.01. The number of nitrogens with zero attached hydrogens (tertiary/aromatic N) is 1. The fraction of sp³-hybridized carbons (Fsp3) is 0.0625. The quantitative estimate of drug-likeness (QED) is 0.786. The van der Waals surface area contributed by atoms with E-state index < -0.39 is 0 Å². The van der Waals surface area contributed by atoms with Gasteiger partial charge in [-0.25, -0.2) is 0 Å². The van der Waals surface area contributed by atoms with Crippen LogP contribution >= 0.6 is 11.6 Å². The smallest absolute Gasteiger partial charge is 0.264 e. The largest absolute Gasteiger partial charge is 0.390 e. The number of benzene rings is 2. The maximum atomic E-state index is 12.7. The first kappa shape index (κ1) is 12.9. The van der Waals surface area contributed by atoms with Crippen molar-refractivity contribution in [1.82, 2.24) is 4.57 Å². The number of aliphatic hydroxyl groups is 1. The van der Waals surface area contributed by atoms with Crippen molar-refractivity contribution >= 4 is 22.4 Å². The lowest BCUT2D eigenvalue weighted by Crippen LogP contribution is -2.22. The molecule has 2 aromatic carbocycles. The Morgan fingerprint density at radius 2 is 1.80 bits per heavy atom. The van der Waals surface area contributed by atoms with Crippen LogP contribution in [0.2, 0.25) is 5.02 Å². The van der Waals surface area contributed by atoms with Gasteiger partial charge in [-0.2, -0.15) is 0 Å². The van der Waals surface area contributed by atoms with Crippen molar-refractivity contribution in [2.24, 2.45) is 0 Å². The molecule has 1 N–H and O–H groups in total. The van der Waals surface area contributed by atoms with Crippen molar-refractivity contribution < 1.29 is 5.11 Å². The van der Waals surface area contributed by atoms with Crippen molar-refractivity contribution in [3.63, 3.8) is 0 Å². The lowest BCUT2D eigenvalue weighted by Gasteiger charge is -2.13. The van der Waals surface area contributed by atoms with E-state index in [1.165, 1.54) is 4.57 Å². The summed E-state index contributed by atoms with van der Waals surface area (Å²) in [7, 11) is 0. The summed E-state index contributed by atoms with van der Waals surface area (Å²) >= 11 is 6.14. The van der Waals surface area contributed by atoms with Gasteiger partial charge in [-0.1, -0.05) is 41.9 Å². The van der Waals surface area contributed by atoms with Crippen LogP contribution in [0.25, 0.3) is 16.5 Å². The number of hydrogen-bond donors (Lipinski definition) is 1. The first-order valence-electron chi connectivity index (χ1n) is 6.22. The average Bonchev–Trinajstić information content (AvgIpc) is 2.47. The predicted octanol–water partition coefficient (Wildman–Crippen LogP) is 3.14. The van der Waals surface area contributed by atoms with E-state index in [2.05, 4.69) is 0 Å². The summed E-state index contributed by atoms with van der Waals surface area (Å²) in [4.78, 5) is 12.7. The minimum atomic E-state index is -0.219. The summed E-state index contributed by atoms with van der Waals surface area (Å²) in [5.74, 6) is 0. The summed E-state index contributed by atoms with van der Waals surface area (Å²) in [5, 5.41) is 11.2. The van der Waals surface area contributed by atoms with Crippen LogP contribution in [0.1, 0.15) is 5.69 Å². The second kappa shape index (κ2) is 5.12. The van der Waals surface area contributed by atoms with E-state index in [1.807, 2.05) is 36.4 Å². The Labute approximate surface area is 120 Å². The predicted molar refractivity (Wildman–Crippen MR) is 80.5 cm³/mol. The second-order valence-corrected chi connectivity index (χ2v) is 4.88. The molecule has 3 rings (SSSR count). The summed E-state index contributed by atoms with van der Waals surface area (Å²) in [5.41, 5.74) is 1.03. The molecule has 0 aliphatic rings. The summed E-state index contributed by atoms with van der Waals surface area (Å²) < 4.78 is 1.49. The van der Waals surface area contributed by atoms with Crippen molar-refractivity contribution in [1.29, 1.82) is 0 Å². The summed E-state index contributed by atoms with van der Waals surface area (Å²) in [6, 6.07) is 16.3. The Morgan fingerprint density at radius 1 is 1.05 bits per heavy atom. The molecule has 3 nitrogen and oxygen atoms in total. The average molecular weight is 286 g/mol. The van der Waals surface area contributed by atoms with Gasteiger partial charge >= 0.3 is 0 Å². The lowest BCUT2D eigenvalue weighted by atomic mass is 10.1. The van der Waals surface area contributed by atoms with Crippen LogP contribution in [0.4, 0.5) is 0 Å². The third-order valence-corrected chi connectivity index (χ3v) is 3.56. The number of aromatic nitrogens is 1. The molecule has 0 unspecified atom stereocenters.